The van der Waals surface area contributed by atoms with Crippen LogP contribution in [-0.2, 0) is 0 Å². The Labute approximate surface area is 130 Å². The van der Waals surface area contributed by atoms with Crippen LogP contribution in [-0.4, -0.2) is 12.3 Å². The highest BCUT2D eigenvalue weighted by atomic mass is 19.1. The predicted octanol–water partition coefficient (Wildman–Crippen LogP) is 3.71. The highest BCUT2D eigenvalue weighted by Gasteiger charge is 2.30. The fraction of sp³-hybridized carbons (Fsp3) is 0.278. The van der Waals surface area contributed by atoms with Crippen molar-refractivity contribution in [3.05, 3.63) is 65.0 Å². The molecule has 2 aromatic carbocycles. The van der Waals surface area contributed by atoms with Gasteiger partial charge in [0.05, 0.1) is 17.4 Å². The molecule has 0 aromatic heterocycles. The van der Waals surface area contributed by atoms with Crippen LogP contribution in [0.5, 0.6) is 0 Å². The molecule has 2 aromatic rings. The lowest BCUT2D eigenvalue weighted by molar-refractivity contribution is 0.579. The van der Waals surface area contributed by atoms with Crippen LogP contribution in [0, 0.1) is 19.7 Å². The van der Waals surface area contributed by atoms with E-state index >= 15 is 0 Å². The Hall–Kier alpha value is -2.20. The third kappa shape index (κ3) is 2.62. The summed E-state index contributed by atoms with van der Waals surface area (Å²) in [5.41, 5.74) is 10.7. The monoisotopic (exact) mass is 297 g/mol. The third-order valence-electron chi connectivity index (χ3n) is 4.23. The zero-order chi connectivity index (χ0) is 15.7. The molecule has 1 unspecified atom stereocenters. The first kappa shape index (κ1) is 14.7. The summed E-state index contributed by atoms with van der Waals surface area (Å²) >= 11 is 0. The van der Waals surface area contributed by atoms with Crippen LogP contribution in [0.1, 0.15) is 29.2 Å². The minimum Gasteiger partial charge on any atom is -0.325 e. The molecule has 0 amide bonds. The summed E-state index contributed by atoms with van der Waals surface area (Å²) in [4.78, 5) is 0. The lowest BCUT2D eigenvalue weighted by Crippen LogP contribution is -2.20. The molecular weight excluding hydrogens is 277 g/mol. The van der Waals surface area contributed by atoms with Gasteiger partial charge in [0.2, 0.25) is 0 Å². The number of nitrogens with zero attached hydrogens (tertiary/aromatic N) is 2. The lowest BCUT2D eigenvalue weighted by Gasteiger charge is -2.25. The lowest BCUT2D eigenvalue weighted by atomic mass is 10.0. The minimum atomic E-state index is -0.199. The number of rotatable bonds is 3. The van der Waals surface area contributed by atoms with Crippen molar-refractivity contribution in [2.45, 2.75) is 26.3 Å². The zero-order valence-corrected chi connectivity index (χ0v) is 12.9. The van der Waals surface area contributed by atoms with E-state index in [-0.39, 0.29) is 11.9 Å². The maximum Gasteiger partial charge on any atom is 0.128 e. The van der Waals surface area contributed by atoms with Gasteiger partial charge in [0.1, 0.15) is 5.82 Å². The van der Waals surface area contributed by atoms with Crippen LogP contribution < -0.4 is 10.7 Å². The summed E-state index contributed by atoms with van der Waals surface area (Å²) in [6.07, 6.45) is 0.657. The first-order chi connectivity index (χ1) is 10.6. The Morgan fingerprint density at radius 1 is 1.18 bits per heavy atom. The predicted molar refractivity (Wildman–Crippen MR) is 88.6 cm³/mol. The van der Waals surface area contributed by atoms with Crippen molar-refractivity contribution in [3.63, 3.8) is 0 Å². The SMILES string of the molecule is Cc1ccc(N2N=C(CN)CC2c2ccccc2F)cc1C. The third-order valence-corrected chi connectivity index (χ3v) is 4.23. The largest absolute Gasteiger partial charge is 0.325 e. The van der Waals surface area contributed by atoms with E-state index in [9.17, 15) is 4.39 Å². The van der Waals surface area contributed by atoms with E-state index in [1.807, 2.05) is 23.2 Å². The van der Waals surface area contributed by atoms with Crippen LogP contribution in [0.3, 0.4) is 0 Å². The molecular formula is C18H20FN3. The normalized spacial score (nSPS) is 17.7. The molecule has 22 heavy (non-hydrogen) atoms. The summed E-state index contributed by atoms with van der Waals surface area (Å²) in [6, 6.07) is 12.9. The molecule has 0 radical (unpaired) electrons. The molecule has 0 saturated carbocycles. The van der Waals surface area contributed by atoms with E-state index in [1.54, 1.807) is 6.07 Å². The van der Waals surface area contributed by atoms with Crippen LogP contribution in [0.15, 0.2) is 47.6 Å². The van der Waals surface area contributed by atoms with Gasteiger partial charge in [-0.05, 0) is 43.2 Å². The van der Waals surface area contributed by atoms with Crippen molar-refractivity contribution in [1.82, 2.24) is 0 Å². The molecule has 0 aliphatic carbocycles. The number of hydrazone groups is 1. The van der Waals surface area contributed by atoms with E-state index < -0.39 is 0 Å². The molecule has 0 saturated heterocycles. The number of halogens is 1. The molecule has 0 fully saturated rings. The molecule has 2 N–H and O–H groups in total. The Balaban J connectivity index is 2.03. The van der Waals surface area contributed by atoms with Crippen molar-refractivity contribution in [3.8, 4) is 0 Å². The van der Waals surface area contributed by atoms with Crippen molar-refractivity contribution in [2.24, 2.45) is 10.8 Å². The molecule has 4 heteroatoms. The first-order valence-electron chi connectivity index (χ1n) is 7.47. The minimum absolute atomic E-state index is 0.137. The maximum atomic E-state index is 14.2. The molecule has 0 bridgehead atoms. The summed E-state index contributed by atoms with van der Waals surface area (Å²) in [5.74, 6) is -0.199. The Morgan fingerprint density at radius 2 is 1.95 bits per heavy atom. The quantitative estimate of drug-likeness (QED) is 0.938. The van der Waals surface area contributed by atoms with Gasteiger partial charge in [-0.2, -0.15) is 5.10 Å². The Bertz CT molecular complexity index is 724. The Kier molecular flexibility index (Phi) is 3.94. The van der Waals surface area contributed by atoms with Crippen molar-refractivity contribution in [1.29, 1.82) is 0 Å². The summed E-state index contributed by atoms with van der Waals surface area (Å²) in [5, 5.41) is 6.50. The van der Waals surface area contributed by atoms with Gasteiger partial charge in [0.15, 0.2) is 0 Å². The van der Waals surface area contributed by atoms with Gasteiger partial charge in [-0.3, -0.25) is 5.01 Å². The molecule has 1 atom stereocenters. The molecule has 1 heterocycles. The maximum absolute atomic E-state index is 14.2. The molecule has 3 nitrogen and oxygen atoms in total. The highest BCUT2D eigenvalue weighted by Crippen LogP contribution is 2.36. The second kappa shape index (κ2) is 5.89. The van der Waals surface area contributed by atoms with E-state index in [1.165, 1.54) is 17.2 Å². The number of anilines is 1. The average molecular weight is 297 g/mol. The fourth-order valence-corrected chi connectivity index (χ4v) is 2.79. The summed E-state index contributed by atoms with van der Waals surface area (Å²) in [7, 11) is 0. The van der Waals surface area contributed by atoms with Crippen molar-refractivity contribution in [2.75, 3.05) is 11.6 Å². The van der Waals surface area contributed by atoms with Crippen LogP contribution in [0.4, 0.5) is 10.1 Å². The van der Waals surface area contributed by atoms with E-state index in [0.29, 0.717) is 18.5 Å². The fourth-order valence-electron chi connectivity index (χ4n) is 2.79. The van der Waals surface area contributed by atoms with Crippen LogP contribution >= 0.6 is 0 Å². The topological polar surface area (TPSA) is 41.6 Å². The summed E-state index contributed by atoms with van der Waals surface area (Å²) < 4.78 is 14.2. The van der Waals surface area contributed by atoms with Gasteiger partial charge >= 0.3 is 0 Å². The molecule has 0 spiro atoms. The molecule has 1 aliphatic heterocycles. The van der Waals surface area contributed by atoms with Gasteiger partial charge < -0.3 is 5.73 Å². The molecule has 3 rings (SSSR count). The van der Waals surface area contributed by atoms with Crippen LogP contribution in [0.25, 0.3) is 0 Å². The number of aryl methyl sites for hydroxylation is 2. The van der Waals surface area contributed by atoms with Crippen LogP contribution in [0.2, 0.25) is 0 Å². The molecule has 114 valence electrons. The zero-order valence-electron chi connectivity index (χ0n) is 12.9. The number of hydrogen-bond acceptors (Lipinski definition) is 3. The highest BCUT2D eigenvalue weighted by molar-refractivity contribution is 5.90. The second-order valence-electron chi connectivity index (χ2n) is 5.72. The van der Waals surface area contributed by atoms with Crippen molar-refractivity contribution >= 4 is 11.4 Å². The van der Waals surface area contributed by atoms with Gasteiger partial charge in [-0.1, -0.05) is 24.3 Å². The second-order valence-corrected chi connectivity index (χ2v) is 5.72. The van der Waals surface area contributed by atoms with Gasteiger partial charge in [-0.25, -0.2) is 4.39 Å². The smallest absolute Gasteiger partial charge is 0.128 e. The van der Waals surface area contributed by atoms with Gasteiger partial charge in [-0.15, -0.1) is 0 Å². The van der Waals surface area contributed by atoms with Gasteiger partial charge in [0, 0.05) is 18.5 Å². The van der Waals surface area contributed by atoms with Gasteiger partial charge in [0.25, 0.3) is 0 Å². The van der Waals surface area contributed by atoms with E-state index in [2.05, 4.69) is 31.1 Å². The molecule has 1 aliphatic rings. The van der Waals surface area contributed by atoms with E-state index in [4.69, 9.17) is 5.73 Å². The Morgan fingerprint density at radius 3 is 2.64 bits per heavy atom. The summed E-state index contributed by atoms with van der Waals surface area (Å²) in [6.45, 7) is 4.54. The first-order valence-corrected chi connectivity index (χ1v) is 7.47. The van der Waals surface area contributed by atoms with Crippen molar-refractivity contribution < 1.29 is 4.39 Å². The number of hydrogen-bond donors (Lipinski definition) is 1. The number of nitrogens with two attached hydrogens (primary N) is 1. The standard InChI is InChI=1S/C18H20FN3/c1-12-7-8-15(9-13(12)2)22-18(10-14(11-20)21-22)16-5-3-4-6-17(16)19/h3-9,18H,10-11,20H2,1-2H3. The average Bonchev–Trinajstić information content (AvgIpc) is 2.94. The number of benzene rings is 2. The van der Waals surface area contributed by atoms with E-state index in [0.717, 1.165) is 11.4 Å².